The van der Waals surface area contributed by atoms with Crippen molar-refractivity contribution in [3.8, 4) is 0 Å². The monoisotopic (exact) mass is 404 g/mol. The van der Waals surface area contributed by atoms with E-state index in [1.807, 2.05) is 4.90 Å². The fraction of sp³-hybridized carbons (Fsp3) is 0.300. The maximum atomic E-state index is 13.9. The van der Waals surface area contributed by atoms with Crippen molar-refractivity contribution in [2.45, 2.75) is 4.90 Å². The molecule has 2 aromatic rings. The summed E-state index contributed by atoms with van der Waals surface area (Å²) in [7, 11) is -1.34. The summed E-state index contributed by atoms with van der Waals surface area (Å²) in [5, 5.41) is 0. The summed E-state index contributed by atoms with van der Waals surface area (Å²) in [5.74, 6) is -1.27. The molecule has 1 heterocycles. The first-order chi connectivity index (χ1) is 13.5. The third kappa shape index (κ3) is 4.56. The van der Waals surface area contributed by atoms with E-state index in [9.17, 15) is 18.2 Å². The number of carbonyl (C=O) groups excluding carboxylic acids is 2. The minimum absolute atomic E-state index is 0.195. The zero-order valence-electron chi connectivity index (χ0n) is 15.5. The van der Waals surface area contributed by atoms with Crippen LogP contribution in [0.1, 0.15) is 10.4 Å². The molecular formula is C20H21FN2O4S. The molecule has 0 radical (unpaired) electrons. The lowest BCUT2D eigenvalue weighted by Gasteiger charge is -2.36. The Morgan fingerprint density at radius 3 is 2.36 bits per heavy atom. The van der Waals surface area contributed by atoms with Crippen LogP contribution in [0.15, 0.2) is 53.4 Å². The zero-order valence-corrected chi connectivity index (χ0v) is 16.3. The molecule has 0 bridgehead atoms. The summed E-state index contributed by atoms with van der Waals surface area (Å²) in [5.41, 5.74) is 0.714. The van der Waals surface area contributed by atoms with E-state index in [2.05, 4.69) is 0 Å². The van der Waals surface area contributed by atoms with Crippen molar-refractivity contribution in [3.05, 3.63) is 59.9 Å². The number of halogens is 1. The Morgan fingerprint density at radius 2 is 1.68 bits per heavy atom. The Balaban J connectivity index is 1.53. The van der Waals surface area contributed by atoms with Gasteiger partial charge in [-0.15, -0.1) is 0 Å². The molecule has 1 atom stereocenters. The Morgan fingerprint density at radius 1 is 1.04 bits per heavy atom. The molecule has 3 rings (SSSR count). The second-order valence-electron chi connectivity index (χ2n) is 6.35. The van der Waals surface area contributed by atoms with Crippen LogP contribution in [-0.4, -0.2) is 60.0 Å². The Labute approximate surface area is 165 Å². The van der Waals surface area contributed by atoms with Gasteiger partial charge in [-0.3, -0.25) is 9.00 Å². The molecule has 0 spiro atoms. The van der Waals surface area contributed by atoms with Gasteiger partial charge in [0.2, 0.25) is 0 Å². The number of hydrogen-bond donors (Lipinski definition) is 0. The predicted octanol–water partition coefficient (Wildman–Crippen LogP) is 2.07. The number of rotatable bonds is 5. The average Bonchev–Trinajstić information content (AvgIpc) is 2.72. The normalized spacial score (nSPS) is 15.2. The molecule has 0 aliphatic carbocycles. The quantitative estimate of drug-likeness (QED) is 0.714. The number of nitrogens with zero attached hydrogens (tertiary/aromatic N) is 2. The first kappa shape index (κ1) is 20.0. The predicted molar refractivity (Wildman–Crippen MR) is 104 cm³/mol. The van der Waals surface area contributed by atoms with Gasteiger partial charge in [-0.05, 0) is 24.3 Å². The Hall–Kier alpha value is -2.74. The summed E-state index contributed by atoms with van der Waals surface area (Å²) >= 11 is 0. The molecule has 1 aliphatic rings. The number of para-hydroxylation sites is 1. The molecule has 0 saturated carbocycles. The summed E-state index contributed by atoms with van der Waals surface area (Å²) in [6, 6.07) is 13.0. The molecule has 0 unspecified atom stereocenters. The van der Waals surface area contributed by atoms with E-state index in [4.69, 9.17) is 4.74 Å². The number of anilines is 1. The first-order valence-corrected chi connectivity index (χ1v) is 10.4. The number of carbonyl (C=O) groups is 2. The molecule has 1 saturated heterocycles. The van der Waals surface area contributed by atoms with Gasteiger partial charge in [0.15, 0.2) is 6.61 Å². The SMILES string of the molecule is C[S@@](=O)c1ccccc1C(=O)OCC(=O)N1CCN(c2ccccc2F)CC1. The van der Waals surface area contributed by atoms with Crippen LogP contribution in [0.25, 0.3) is 0 Å². The summed E-state index contributed by atoms with van der Waals surface area (Å²) < 4.78 is 30.7. The summed E-state index contributed by atoms with van der Waals surface area (Å²) in [6.07, 6.45) is 1.48. The molecule has 0 aromatic heterocycles. The van der Waals surface area contributed by atoms with Gasteiger partial charge >= 0.3 is 5.97 Å². The number of esters is 1. The highest BCUT2D eigenvalue weighted by molar-refractivity contribution is 7.84. The van der Waals surface area contributed by atoms with E-state index in [0.29, 0.717) is 36.8 Å². The summed E-state index contributed by atoms with van der Waals surface area (Å²) in [4.78, 5) is 28.5. The maximum absolute atomic E-state index is 13.9. The van der Waals surface area contributed by atoms with Gasteiger partial charge in [-0.2, -0.15) is 0 Å². The van der Waals surface area contributed by atoms with Crippen molar-refractivity contribution in [3.63, 3.8) is 0 Å². The van der Waals surface area contributed by atoms with Gasteiger partial charge in [-0.25, -0.2) is 9.18 Å². The highest BCUT2D eigenvalue weighted by Crippen LogP contribution is 2.20. The van der Waals surface area contributed by atoms with E-state index >= 15 is 0 Å². The lowest BCUT2D eigenvalue weighted by molar-refractivity contribution is -0.134. The molecule has 148 valence electrons. The van der Waals surface area contributed by atoms with E-state index < -0.39 is 16.8 Å². The number of piperazine rings is 1. The van der Waals surface area contributed by atoms with Crippen molar-refractivity contribution in [2.24, 2.45) is 0 Å². The zero-order chi connectivity index (χ0) is 20.1. The Kier molecular flexibility index (Phi) is 6.41. The molecule has 2 aromatic carbocycles. The van der Waals surface area contributed by atoms with Crippen LogP contribution >= 0.6 is 0 Å². The lowest BCUT2D eigenvalue weighted by atomic mass is 10.2. The fourth-order valence-corrected chi connectivity index (χ4v) is 3.82. The second-order valence-corrected chi connectivity index (χ2v) is 7.69. The minimum Gasteiger partial charge on any atom is -0.452 e. The average molecular weight is 404 g/mol. The fourth-order valence-electron chi connectivity index (χ4n) is 3.09. The topological polar surface area (TPSA) is 66.9 Å². The van der Waals surface area contributed by atoms with Crippen LogP contribution < -0.4 is 4.90 Å². The van der Waals surface area contributed by atoms with Gasteiger partial charge < -0.3 is 14.5 Å². The van der Waals surface area contributed by atoms with Crippen molar-refractivity contribution >= 4 is 28.4 Å². The number of hydrogen-bond acceptors (Lipinski definition) is 5. The van der Waals surface area contributed by atoms with Gasteiger partial charge in [0, 0.05) is 32.4 Å². The highest BCUT2D eigenvalue weighted by Gasteiger charge is 2.24. The van der Waals surface area contributed by atoms with Gasteiger partial charge in [0.25, 0.3) is 5.91 Å². The minimum atomic E-state index is -1.34. The van der Waals surface area contributed by atoms with Crippen molar-refractivity contribution < 1.29 is 22.9 Å². The van der Waals surface area contributed by atoms with Gasteiger partial charge in [0.1, 0.15) is 5.82 Å². The largest absolute Gasteiger partial charge is 0.452 e. The molecule has 0 N–H and O–H groups in total. The Bertz CT molecular complexity index is 897. The van der Waals surface area contributed by atoms with Crippen LogP contribution in [-0.2, 0) is 20.3 Å². The molecule has 28 heavy (non-hydrogen) atoms. The van der Waals surface area contributed by atoms with E-state index in [-0.39, 0.29) is 23.9 Å². The maximum Gasteiger partial charge on any atom is 0.339 e. The molecule has 1 fully saturated rings. The number of benzene rings is 2. The standard InChI is InChI=1S/C20H21FN2O4S/c1-28(26)18-9-5-2-6-15(18)20(25)27-14-19(24)23-12-10-22(11-13-23)17-8-4-3-7-16(17)21/h2-9H,10-14H2,1H3/t28-/m1/s1. The first-order valence-electron chi connectivity index (χ1n) is 8.84. The molecule has 1 amide bonds. The van der Waals surface area contributed by atoms with Crippen LogP contribution in [0, 0.1) is 5.82 Å². The number of ether oxygens (including phenoxy) is 1. The van der Waals surface area contributed by atoms with E-state index in [0.717, 1.165) is 0 Å². The third-order valence-corrected chi connectivity index (χ3v) is 5.54. The molecule has 6 nitrogen and oxygen atoms in total. The number of amides is 1. The van der Waals surface area contributed by atoms with Crippen LogP contribution in [0.4, 0.5) is 10.1 Å². The van der Waals surface area contributed by atoms with Crippen molar-refractivity contribution in [1.82, 2.24) is 4.90 Å². The van der Waals surface area contributed by atoms with Gasteiger partial charge in [0.05, 0.1) is 26.9 Å². The molecule has 1 aliphatic heterocycles. The smallest absolute Gasteiger partial charge is 0.339 e. The van der Waals surface area contributed by atoms with Crippen LogP contribution in [0.5, 0.6) is 0 Å². The van der Waals surface area contributed by atoms with Crippen LogP contribution in [0.3, 0.4) is 0 Å². The highest BCUT2D eigenvalue weighted by atomic mass is 32.2. The van der Waals surface area contributed by atoms with E-state index in [1.54, 1.807) is 41.3 Å². The van der Waals surface area contributed by atoms with Crippen molar-refractivity contribution in [2.75, 3.05) is 43.9 Å². The summed E-state index contributed by atoms with van der Waals surface area (Å²) in [6.45, 7) is 1.44. The molecular weight excluding hydrogens is 383 g/mol. The van der Waals surface area contributed by atoms with Crippen LogP contribution in [0.2, 0.25) is 0 Å². The second kappa shape index (κ2) is 8.97. The lowest BCUT2D eigenvalue weighted by Crippen LogP contribution is -2.50. The third-order valence-electron chi connectivity index (χ3n) is 4.57. The van der Waals surface area contributed by atoms with Gasteiger partial charge in [-0.1, -0.05) is 24.3 Å². The van der Waals surface area contributed by atoms with Crippen molar-refractivity contribution in [1.29, 1.82) is 0 Å². The van der Waals surface area contributed by atoms with E-state index in [1.165, 1.54) is 18.4 Å². The molecule has 8 heteroatoms.